The van der Waals surface area contributed by atoms with Gasteiger partial charge in [0.2, 0.25) is 5.82 Å². The molecule has 0 spiro atoms. The Morgan fingerprint density at radius 1 is 1.30 bits per heavy atom. The van der Waals surface area contributed by atoms with Gasteiger partial charge in [0.1, 0.15) is 5.82 Å². The van der Waals surface area contributed by atoms with Crippen LogP contribution in [0.15, 0.2) is 12.1 Å². The Morgan fingerprint density at radius 2 is 2.05 bits per heavy atom. The molecule has 0 aliphatic carbocycles. The number of pyridine rings is 1. The number of nitrogens with zero attached hydrogens (tertiary/aromatic N) is 2. The maximum atomic E-state index is 11.3. The normalized spacial score (nSPS) is 11.9. The highest BCUT2D eigenvalue weighted by molar-refractivity contribution is 7.84. The van der Waals surface area contributed by atoms with Gasteiger partial charge in [0.15, 0.2) is 0 Å². The number of nitro groups is 1. The van der Waals surface area contributed by atoms with Gasteiger partial charge in [-0.3, -0.25) is 14.3 Å². The topological polar surface area (TPSA) is 97.2 Å². The largest absolute Gasteiger partial charge is 0.370 e. The number of aromatic nitrogens is 1. The van der Waals surface area contributed by atoms with Crippen molar-refractivity contribution in [1.82, 2.24) is 4.98 Å². The minimum atomic E-state index is -0.904. The van der Waals surface area contributed by atoms with Crippen molar-refractivity contribution in [3.63, 3.8) is 0 Å². The molecule has 0 radical (unpaired) electrons. The minimum absolute atomic E-state index is 0.0747. The molecule has 1 unspecified atom stereocenters. The van der Waals surface area contributed by atoms with Crippen LogP contribution >= 0.6 is 0 Å². The van der Waals surface area contributed by atoms with Crippen molar-refractivity contribution in [2.75, 3.05) is 35.2 Å². The summed E-state index contributed by atoms with van der Waals surface area (Å²) in [6, 6.07) is 3.01. The molecular formula is C12H20N4O3S. The Balaban J connectivity index is 2.77. The van der Waals surface area contributed by atoms with Gasteiger partial charge in [0, 0.05) is 41.5 Å². The first-order valence-electron chi connectivity index (χ1n) is 6.56. The predicted octanol–water partition coefficient (Wildman–Crippen LogP) is 1.99. The smallest absolute Gasteiger partial charge is 0.311 e. The third kappa shape index (κ3) is 5.12. The first kappa shape index (κ1) is 16.4. The van der Waals surface area contributed by atoms with Gasteiger partial charge in [-0.1, -0.05) is 13.8 Å². The molecule has 1 rings (SSSR count). The van der Waals surface area contributed by atoms with E-state index in [-0.39, 0.29) is 11.5 Å². The second-order valence-corrected chi connectivity index (χ2v) is 5.97. The molecule has 112 valence electrons. The average molecular weight is 300 g/mol. The number of nitrogens with one attached hydrogen (secondary N) is 2. The molecule has 1 heterocycles. The van der Waals surface area contributed by atoms with Crippen LogP contribution in [-0.4, -0.2) is 38.7 Å². The maximum absolute atomic E-state index is 11.3. The van der Waals surface area contributed by atoms with E-state index in [1.165, 1.54) is 6.07 Å². The van der Waals surface area contributed by atoms with Gasteiger partial charge < -0.3 is 10.6 Å². The van der Waals surface area contributed by atoms with Crippen LogP contribution in [0.1, 0.15) is 20.3 Å². The molecular weight excluding hydrogens is 280 g/mol. The van der Waals surface area contributed by atoms with Crippen molar-refractivity contribution in [2.45, 2.75) is 20.3 Å². The van der Waals surface area contributed by atoms with Crippen LogP contribution in [0.5, 0.6) is 0 Å². The van der Waals surface area contributed by atoms with E-state index >= 15 is 0 Å². The number of hydrogen-bond donors (Lipinski definition) is 2. The fraction of sp³-hybridized carbons (Fsp3) is 0.583. The van der Waals surface area contributed by atoms with Gasteiger partial charge in [-0.2, -0.15) is 0 Å². The molecule has 0 saturated carbocycles. The summed E-state index contributed by atoms with van der Waals surface area (Å²) in [6.45, 7) is 5.01. The van der Waals surface area contributed by atoms with Crippen LogP contribution in [-0.2, 0) is 10.8 Å². The van der Waals surface area contributed by atoms with E-state index in [0.29, 0.717) is 23.9 Å². The Kier molecular flexibility index (Phi) is 6.92. The van der Waals surface area contributed by atoms with E-state index in [9.17, 15) is 14.3 Å². The fourth-order valence-electron chi connectivity index (χ4n) is 1.51. The van der Waals surface area contributed by atoms with Crippen molar-refractivity contribution in [1.29, 1.82) is 0 Å². The van der Waals surface area contributed by atoms with E-state index < -0.39 is 15.7 Å². The summed E-state index contributed by atoms with van der Waals surface area (Å²) in [4.78, 5) is 14.7. The molecule has 0 bridgehead atoms. The van der Waals surface area contributed by atoms with E-state index in [1.807, 2.05) is 13.8 Å². The molecule has 0 fully saturated rings. The van der Waals surface area contributed by atoms with Gasteiger partial charge in [0.25, 0.3) is 0 Å². The lowest BCUT2D eigenvalue weighted by atomic mass is 10.3. The second kappa shape index (κ2) is 8.47. The fourth-order valence-corrected chi connectivity index (χ4v) is 2.13. The Labute approximate surface area is 120 Å². The summed E-state index contributed by atoms with van der Waals surface area (Å²) in [6.07, 6.45) is 0.941. The molecule has 20 heavy (non-hydrogen) atoms. The first-order chi connectivity index (χ1) is 9.58. The highest BCUT2D eigenvalue weighted by Crippen LogP contribution is 2.23. The second-order valence-electron chi connectivity index (χ2n) is 4.11. The first-order valence-corrected chi connectivity index (χ1v) is 8.05. The van der Waals surface area contributed by atoms with Gasteiger partial charge in [0.05, 0.1) is 4.92 Å². The Bertz CT molecular complexity index is 482. The van der Waals surface area contributed by atoms with Crippen molar-refractivity contribution < 1.29 is 9.13 Å². The molecule has 0 amide bonds. The standard InChI is InChI=1S/C12H20N4O3S/c1-3-7-13-11-6-5-10(16(17)18)12(15-11)14-8-9-20(19)4-2/h5-6H,3-4,7-9H2,1-2H3,(H2,13,14,15). The van der Waals surface area contributed by atoms with Crippen LogP contribution in [0.3, 0.4) is 0 Å². The SMILES string of the molecule is CCCNc1ccc([N+](=O)[O-])c(NCCS(=O)CC)n1. The van der Waals surface area contributed by atoms with Gasteiger partial charge in [-0.25, -0.2) is 4.98 Å². The summed E-state index contributed by atoms with van der Waals surface area (Å²) < 4.78 is 11.3. The van der Waals surface area contributed by atoms with Crippen molar-refractivity contribution in [3.05, 3.63) is 22.2 Å². The summed E-state index contributed by atoms with van der Waals surface area (Å²) in [5, 5.41) is 16.9. The number of rotatable bonds is 9. The maximum Gasteiger partial charge on any atom is 0.311 e. The molecule has 0 aromatic carbocycles. The van der Waals surface area contributed by atoms with Crippen LogP contribution in [0.4, 0.5) is 17.3 Å². The van der Waals surface area contributed by atoms with Crippen molar-refractivity contribution >= 4 is 28.1 Å². The van der Waals surface area contributed by atoms with Crippen molar-refractivity contribution in [3.8, 4) is 0 Å². The molecule has 2 N–H and O–H groups in total. The van der Waals surface area contributed by atoms with Gasteiger partial charge >= 0.3 is 5.69 Å². The van der Waals surface area contributed by atoms with Crippen LogP contribution in [0.2, 0.25) is 0 Å². The lowest BCUT2D eigenvalue weighted by molar-refractivity contribution is -0.384. The predicted molar refractivity (Wildman–Crippen MR) is 81.7 cm³/mol. The molecule has 0 aliphatic rings. The van der Waals surface area contributed by atoms with E-state index in [2.05, 4.69) is 15.6 Å². The van der Waals surface area contributed by atoms with Crippen LogP contribution in [0, 0.1) is 10.1 Å². The third-order valence-corrected chi connectivity index (χ3v) is 3.87. The zero-order valence-electron chi connectivity index (χ0n) is 11.7. The molecule has 7 nitrogen and oxygen atoms in total. The lowest BCUT2D eigenvalue weighted by Crippen LogP contribution is -2.14. The zero-order chi connectivity index (χ0) is 15.0. The van der Waals surface area contributed by atoms with E-state index in [1.54, 1.807) is 6.07 Å². The summed E-state index contributed by atoms with van der Waals surface area (Å²) in [5.74, 6) is 1.83. The Morgan fingerprint density at radius 3 is 2.65 bits per heavy atom. The average Bonchev–Trinajstić information content (AvgIpc) is 2.44. The number of hydrogen-bond acceptors (Lipinski definition) is 6. The quantitative estimate of drug-likeness (QED) is 0.534. The molecule has 8 heteroatoms. The van der Waals surface area contributed by atoms with Gasteiger partial charge in [-0.05, 0) is 12.5 Å². The molecule has 0 saturated heterocycles. The van der Waals surface area contributed by atoms with E-state index in [4.69, 9.17) is 0 Å². The monoisotopic (exact) mass is 300 g/mol. The van der Waals surface area contributed by atoms with Gasteiger partial charge in [-0.15, -0.1) is 0 Å². The molecule has 1 aromatic rings. The third-order valence-electron chi connectivity index (χ3n) is 2.57. The van der Waals surface area contributed by atoms with Crippen LogP contribution < -0.4 is 10.6 Å². The molecule has 0 aliphatic heterocycles. The summed E-state index contributed by atoms with van der Waals surface area (Å²) >= 11 is 0. The molecule has 1 atom stereocenters. The summed E-state index contributed by atoms with van der Waals surface area (Å²) in [7, 11) is -0.904. The zero-order valence-corrected chi connectivity index (χ0v) is 12.5. The lowest BCUT2D eigenvalue weighted by Gasteiger charge is -2.09. The highest BCUT2D eigenvalue weighted by atomic mass is 32.2. The summed E-state index contributed by atoms with van der Waals surface area (Å²) in [5.41, 5.74) is -0.0747. The van der Waals surface area contributed by atoms with Crippen molar-refractivity contribution in [2.24, 2.45) is 0 Å². The van der Waals surface area contributed by atoms with Crippen LogP contribution in [0.25, 0.3) is 0 Å². The molecule has 1 aromatic heterocycles. The highest BCUT2D eigenvalue weighted by Gasteiger charge is 2.15. The Hall–Kier alpha value is -1.70. The van der Waals surface area contributed by atoms with E-state index in [0.717, 1.165) is 13.0 Å². The number of anilines is 2. The minimum Gasteiger partial charge on any atom is -0.370 e.